The van der Waals surface area contributed by atoms with Gasteiger partial charge in [-0.25, -0.2) is 4.79 Å². The van der Waals surface area contributed by atoms with Crippen LogP contribution in [0.3, 0.4) is 0 Å². The number of ether oxygens (including phenoxy) is 1. The number of aliphatic carboxylic acids is 1. The van der Waals surface area contributed by atoms with Crippen LogP contribution in [-0.2, 0) is 14.3 Å². The number of nitrogens with one attached hydrogen (secondary N) is 1. The second-order valence-electron chi connectivity index (χ2n) is 2.95. The lowest BCUT2D eigenvalue weighted by Crippen LogP contribution is -2.37. The lowest BCUT2D eigenvalue weighted by atomic mass is 10.3. The molecule has 0 aromatic rings. The molecule has 88 valence electrons. The normalized spacial score (nSPS) is 12.1. The van der Waals surface area contributed by atoms with Crippen LogP contribution in [0.1, 0.15) is 12.8 Å². The van der Waals surface area contributed by atoms with E-state index in [0.29, 0.717) is 12.2 Å². The molecule has 0 aromatic heterocycles. The third-order valence-corrected chi connectivity index (χ3v) is 2.89. The average molecular weight is 235 g/mol. The van der Waals surface area contributed by atoms with Crippen molar-refractivity contribution in [2.45, 2.75) is 18.9 Å². The standard InChI is InChI=1S/C9H17NO4S/c1-14-4-2-3-5-15-6-8(9(12)13)10-7-11/h7-8H,2-6H2,1H3,(H,10,11)(H,12,13). The fraction of sp³-hybridized carbons (Fsp3) is 0.778. The summed E-state index contributed by atoms with van der Waals surface area (Å²) >= 11 is 1.52. The van der Waals surface area contributed by atoms with Gasteiger partial charge in [0.1, 0.15) is 6.04 Å². The van der Waals surface area contributed by atoms with E-state index in [9.17, 15) is 9.59 Å². The molecular weight excluding hydrogens is 218 g/mol. The highest BCUT2D eigenvalue weighted by Gasteiger charge is 2.15. The van der Waals surface area contributed by atoms with Crippen LogP contribution in [0.25, 0.3) is 0 Å². The zero-order valence-corrected chi connectivity index (χ0v) is 9.59. The average Bonchev–Trinajstić information content (AvgIpc) is 2.21. The number of hydrogen-bond donors (Lipinski definition) is 2. The molecule has 6 heteroatoms. The molecule has 0 aromatic carbocycles. The van der Waals surface area contributed by atoms with Crippen molar-refractivity contribution in [3.63, 3.8) is 0 Å². The molecule has 0 rings (SSSR count). The number of thioether (sulfide) groups is 1. The first-order valence-corrected chi connectivity index (χ1v) is 5.87. The van der Waals surface area contributed by atoms with E-state index in [0.717, 1.165) is 25.2 Å². The van der Waals surface area contributed by atoms with Gasteiger partial charge in [-0.1, -0.05) is 0 Å². The Morgan fingerprint density at radius 1 is 1.60 bits per heavy atom. The highest BCUT2D eigenvalue weighted by atomic mass is 32.2. The second kappa shape index (κ2) is 9.79. The Kier molecular flexibility index (Phi) is 9.30. The number of carbonyl (C=O) groups excluding carboxylic acids is 1. The molecule has 0 radical (unpaired) electrons. The molecule has 1 amide bonds. The Labute approximate surface area is 93.6 Å². The zero-order chi connectivity index (χ0) is 11.5. The first-order chi connectivity index (χ1) is 7.22. The Morgan fingerprint density at radius 3 is 2.87 bits per heavy atom. The molecule has 0 aliphatic rings. The molecule has 5 nitrogen and oxygen atoms in total. The minimum atomic E-state index is -0.994. The lowest BCUT2D eigenvalue weighted by molar-refractivity contribution is -0.139. The van der Waals surface area contributed by atoms with E-state index in [1.807, 2.05) is 0 Å². The van der Waals surface area contributed by atoms with E-state index in [1.54, 1.807) is 7.11 Å². The van der Waals surface area contributed by atoms with Crippen molar-refractivity contribution in [2.75, 3.05) is 25.2 Å². The van der Waals surface area contributed by atoms with E-state index >= 15 is 0 Å². The molecule has 0 aliphatic carbocycles. The molecule has 1 unspecified atom stereocenters. The predicted octanol–water partition coefficient (Wildman–Crippen LogP) is 0.345. The number of amides is 1. The van der Waals surface area contributed by atoms with Crippen molar-refractivity contribution in [3.05, 3.63) is 0 Å². The fourth-order valence-corrected chi connectivity index (χ4v) is 1.97. The molecule has 0 saturated heterocycles. The maximum absolute atomic E-state index is 10.6. The van der Waals surface area contributed by atoms with Crippen LogP contribution in [0, 0.1) is 0 Å². The molecule has 2 N–H and O–H groups in total. The van der Waals surface area contributed by atoms with E-state index in [4.69, 9.17) is 9.84 Å². The van der Waals surface area contributed by atoms with Crippen LogP contribution in [0.5, 0.6) is 0 Å². The summed E-state index contributed by atoms with van der Waals surface area (Å²) in [7, 11) is 1.65. The van der Waals surface area contributed by atoms with Gasteiger partial charge in [-0.05, 0) is 18.6 Å². The van der Waals surface area contributed by atoms with Gasteiger partial charge in [-0.15, -0.1) is 0 Å². The Balaban J connectivity index is 3.45. The van der Waals surface area contributed by atoms with Gasteiger partial charge in [0.25, 0.3) is 0 Å². The summed E-state index contributed by atoms with van der Waals surface area (Å²) in [6.45, 7) is 0.732. The Bertz CT molecular complexity index is 189. The molecular formula is C9H17NO4S. The molecule has 1 atom stereocenters. The minimum Gasteiger partial charge on any atom is -0.480 e. The summed E-state index contributed by atoms with van der Waals surface area (Å²) in [6.07, 6.45) is 2.39. The molecule has 0 bridgehead atoms. The predicted molar refractivity (Wildman–Crippen MR) is 59.1 cm³/mol. The first kappa shape index (κ1) is 14.2. The summed E-state index contributed by atoms with van der Waals surface area (Å²) in [4.78, 5) is 20.7. The largest absolute Gasteiger partial charge is 0.480 e. The fourth-order valence-electron chi connectivity index (χ4n) is 0.925. The van der Waals surface area contributed by atoms with Gasteiger partial charge in [0.2, 0.25) is 6.41 Å². The van der Waals surface area contributed by atoms with Crippen LogP contribution < -0.4 is 5.32 Å². The number of hydrogen-bond acceptors (Lipinski definition) is 4. The van der Waals surface area contributed by atoms with Crippen molar-refractivity contribution in [2.24, 2.45) is 0 Å². The van der Waals surface area contributed by atoms with Crippen molar-refractivity contribution < 1.29 is 19.4 Å². The quantitative estimate of drug-likeness (QED) is 0.422. The number of methoxy groups -OCH3 is 1. The third kappa shape index (κ3) is 8.26. The molecule has 15 heavy (non-hydrogen) atoms. The number of carboxylic acids is 1. The summed E-state index contributed by atoms with van der Waals surface area (Å²) in [6, 6.07) is -0.782. The molecule has 0 spiro atoms. The van der Waals surface area contributed by atoms with Crippen LogP contribution in [0.15, 0.2) is 0 Å². The zero-order valence-electron chi connectivity index (χ0n) is 8.77. The van der Waals surface area contributed by atoms with Gasteiger partial charge in [0.15, 0.2) is 0 Å². The SMILES string of the molecule is COCCCCSCC(NC=O)C(=O)O. The summed E-state index contributed by atoms with van der Waals surface area (Å²) in [5.41, 5.74) is 0. The number of carbonyl (C=O) groups is 2. The van der Waals surface area contributed by atoms with E-state index < -0.39 is 12.0 Å². The number of rotatable bonds is 10. The van der Waals surface area contributed by atoms with Crippen LogP contribution in [-0.4, -0.2) is 48.8 Å². The van der Waals surface area contributed by atoms with E-state index in [2.05, 4.69) is 5.32 Å². The highest BCUT2D eigenvalue weighted by molar-refractivity contribution is 7.99. The smallest absolute Gasteiger partial charge is 0.327 e. The summed E-state index contributed by atoms with van der Waals surface area (Å²) in [5.74, 6) is 0.292. The minimum absolute atomic E-state index is 0.404. The maximum Gasteiger partial charge on any atom is 0.327 e. The van der Waals surface area contributed by atoms with Crippen LogP contribution >= 0.6 is 11.8 Å². The topological polar surface area (TPSA) is 75.6 Å². The summed E-state index contributed by atoms with van der Waals surface area (Å²) < 4.78 is 4.88. The van der Waals surface area contributed by atoms with E-state index in [1.165, 1.54) is 11.8 Å². The van der Waals surface area contributed by atoms with Crippen LogP contribution in [0.2, 0.25) is 0 Å². The van der Waals surface area contributed by atoms with Gasteiger partial charge in [0, 0.05) is 19.5 Å². The highest BCUT2D eigenvalue weighted by Crippen LogP contribution is 2.06. The first-order valence-electron chi connectivity index (χ1n) is 4.71. The van der Waals surface area contributed by atoms with Crippen molar-refractivity contribution in [1.82, 2.24) is 5.32 Å². The van der Waals surface area contributed by atoms with E-state index in [-0.39, 0.29) is 0 Å². The van der Waals surface area contributed by atoms with Crippen molar-refractivity contribution in [3.8, 4) is 0 Å². The monoisotopic (exact) mass is 235 g/mol. The number of unbranched alkanes of at least 4 members (excludes halogenated alkanes) is 1. The second-order valence-corrected chi connectivity index (χ2v) is 4.10. The van der Waals surface area contributed by atoms with Gasteiger partial charge >= 0.3 is 5.97 Å². The summed E-state index contributed by atoms with van der Waals surface area (Å²) in [5, 5.41) is 10.9. The molecule has 0 saturated carbocycles. The lowest BCUT2D eigenvalue weighted by Gasteiger charge is -2.10. The molecule has 0 aliphatic heterocycles. The van der Waals surface area contributed by atoms with Crippen LogP contribution in [0.4, 0.5) is 0 Å². The van der Waals surface area contributed by atoms with Crippen molar-refractivity contribution >= 4 is 24.1 Å². The Hall–Kier alpha value is -0.750. The van der Waals surface area contributed by atoms with Crippen molar-refractivity contribution in [1.29, 1.82) is 0 Å². The maximum atomic E-state index is 10.6. The molecule has 0 fully saturated rings. The Morgan fingerprint density at radius 2 is 2.33 bits per heavy atom. The third-order valence-electron chi connectivity index (χ3n) is 1.74. The van der Waals surface area contributed by atoms with Gasteiger partial charge in [-0.2, -0.15) is 11.8 Å². The molecule has 0 heterocycles. The van der Waals surface area contributed by atoms with Gasteiger partial charge in [0.05, 0.1) is 0 Å². The number of carboxylic acid groups (broad SMARTS) is 1. The van der Waals surface area contributed by atoms with Gasteiger partial charge in [-0.3, -0.25) is 4.79 Å². The van der Waals surface area contributed by atoms with Gasteiger partial charge < -0.3 is 15.2 Å².